The summed E-state index contributed by atoms with van der Waals surface area (Å²) in [5.74, 6) is -0.954. The van der Waals surface area contributed by atoms with E-state index in [4.69, 9.17) is 14.2 Å². The van der Waals surface area contributed by atoms with Crippen molar-refractivity contribution in [2.24, 2.45) is 0 Å². The highest BCUT2D eigenvalue weighted by Gasteiger charge is 2.30. The molecule has 0 atom stereocenters. The van der Waals surface area contributed by atoms with E-state index < -0.39 is 29.6 Å². The van der Waals surface area contributed by atoms with Crippen LogP contribution in [0.5, 0.6) is 11.5 Å². The molecule has 0 radical (unpaired) electrons. The van der Waals surface area contributed by atoms with Crippen LogP contribution in [0.15, 0.2) is 115 Å². The summed E-state index contributed by atoms with van der Waals surface area (Å²) >= 11 is 0. The first-order valence-electron chi connectivity index (χ1n) is 16.9. The number of benzene rings is 5. The number of esters is 2. The number of carbonyl (C=O) groups excluding carboxylic acids is 4. The molecule has 54 heavy (non-hydrogen) atoms. The summed E-state index contributed by atoms with van der Waals surface area (Å²) in [5, 5.41) is 2.79. The molecular weight excluding hydrogens is 701 g/mol. The largest absolute Gasteiger partial charge is 0.497 e. The molecule has 12 heteroatoms. The van der Waals surface area contributed by atoms with E-state index in [0.717, 1.165) is 23.3 Å². The average molecular weight is 739 g/mol. The van der Waals surface area contributed by atoms with Crippen molar-refractivity contribution < 1.29 is 46.6 Å². The molecule has 278 valence electrons. The lowest BCUT2D eigenvalue weighted by Gasteiger charge is -2.17. The Morgan fingerprint density at radius 1 is 0.741 bits per heavy atom. The van der Waals surface area contributed by atoms with Crippen molar-refractivity contribution in [3.63, 3.8) is 0 Å². The van der Waals surface area contributed by atoms with Gasteiger partial charge in [-0.15, -0.1) is 0 Å². The van der Waals surface area contributed by atoms with Crippen molar-refractivity contribution >= 4 is 29.4 Å². The first kappa shape index (κ1) is 38.8. The Morgan fingerprint density at radius 3 is 2.04 bits per heavy atom. The summed E-state index contributed by atoms with van der Waals surface area (Å²) in [6, 6.07) is 29.2. The molecule has 9 nitrogen and oxygen atoms in total. The highest BCUT2D eigenvalue weighted by Crippen LogP contribution is 2.32. The van der Waals surface area contributed by atoms with Gasteiger partial charge in [-0.2, -0.15) is 13.2 Å². The maximum absolute atomic E-state index is 13.5. The molecule has 0 saturated carbocycles. The molecule has 0 heterocycles. The van der Waals surface area contributed by atoms with E-state index in [2.05, 4.69) is 5.32 Å². The minimum atomic E-state index is -4.49. The fourth-order valence-electron chi connectivity index (χ4n) is 5.47. The van der Waals surface area contributed by atoms with E-state index in [1.165, 1.54) is 41.3 Å². The van der Waals surface area contributed by atoms with Crippen molar-refractivity contribution in [1.29, 1.82) is 0 Å². The predicted octanol–water partition coefficient (Wildman–Crippen LogP) is 8.62. The molecule has 0 bridgehead atoms. The second kappa shape index (κ2) is 17.4. The standard InChI is InChI=1S/C42H37F3N2O7/c1-47(2)40(50)36-25-27(13-24-37(36)46-39(49)35-9-5-4-8-34(35)29-14-18-31(19-15-29)42(43,44)45)7-6-10-38(48)54-33-22-16-30(17-23-33)41(51)53-26-28-11-20-32(52-3)21-12-28/h4-5,8-9,11-25H,6-7,10,26H2,1-3H3,(H,46,49). The number of rotatable bonds is 13. The summed E-state index contributed by atoms with van der Waals surface area (Å²) in [5.41, 5.74) is 2.57. The monoisotopic (exact) mass is 738 g/mol. The lowest BCUT2D eigenvalue weighted by Crippen LogP contribution is -2.24. The summed E-state index contributed by atoms with van der Waals surface area (Å²) in [6.07, 6.45) is -3.60. The minimum absolute atomic E-state index is 0.0713. The lowest BCUT2D eigenvalue weighted by atomic mass is 9.97. The van der Waals surface area contributed by atoms with Crippen LogP contribution in [0, 0.1) is 0 Å². The van der Waals surface area contributed by atoms with Crippen molar-refractivity contribution in [3.8, 4) is 22.6 Å². The molecular formula is C42H37F3N2O7. The van der Waals surface area contributed by atoms with Crippen LogP contribution in [-0.2, 0) is 28.7 Å². The van der Waals surface area contributed by atoms with Gasteiger partial charge in [0.25, 0.3) is 11.8 Å². The number of halogens is 3. The summed E-state index contributed by atoms with van der Waals surface area (Å²) in [7, 11) is 4.72. The number of hydrogen-bond donors (Lipinski definition) is 1. The van der Waals surface area contributed by atoms with Crippen molar-refractivity contribution in [3.05, 3.63) is 149 Å². The van der Waals surface area contributed by atoms with Gasteiger partial charge in [0, 0.05) is 26.1 Å². The van der Waals surface area contributed by atoms with Crippen LogP contribution in [0.3, 0.4) is 0 Å². The lowest BCUT2D eigenvalue weighted by molar-refractivity contribution is -0.137. The molecule has 5 aromatic carbocycles. The Hall–Kier alpha value is -6.43. The van der Waals surface area contributed by atoms with E-state index in [-0.39, 0.29) is 41.5 Å². The zero-order valence-electron chi connectivity index (χ0n) is 29.7. The van der Waals surface area contributed by atoms with Gasteiger partial charge < -0.3 is 24.4 Å². The summed E-state index contributed by atoms with van der Waals surface area (Å²) in [6.45, 7) is 0.0882. The van der Waals surface area contributed by atoms with Crippen LogP contribution in [0.2, 0.25) is 0 Å². The predicted molar refractivity (Wildman–Crippen MR) is 196 cm³/mol. The number of anilines is 1. The number of amides is 2. The van der Waals surface area contributed by atoms with Gasteiger partial charge in [-0.05, 0) is 102 Å². The molecule has 0 aliphatic carbocycles. The molecule has 5 aromatic rings. The number of aryl methyl sites for hydroxylation is 1. The van der Waals surface area contributed by atoms with Crippen LogP contribution in [0.1, 0.15) is 60.6 Å². The van der Waals surface area contributed by atoms with Crippen molar-refractivity contribution in [2.45, 2.75) is 32.0 Å². The molecule has 0 aliphatic rings. The molecule has 0 unspecified atom stereocenters. The minimum Gasteiger partial charge on any atom is -0.497 e. The molecule has 0 saturated heterocycles. The second-order valence-electron chi connectivity index (χ2n) is 12.4. The molecule has 0 spiro atoms. The van der Waals surface area contributed by atoms with Gasteiger partial charge in [-0.3, -0.25) is 14.4 Å². The van der Waals surface area contributed by atoms with Crippen LogP contribution in [0.4, 0.5) is 18.9 Å². The topological polar surface area (TPSA) is 111 Å². The van der Waals surface area contributed by atoms with Gasteiger partial charge in [0.05, 0.1) is 29.5 Å². The molecule has 2 amide bonds. The number of methoxy groups -OCH3 is 1. The molecule has 0 aromatic heterocycles. The van der Waals surface area contributed by atoms with Crippen molar-refractivity contribution in [1.82, 2.24) is 4.90 Å². The van der Waals surface area contributed by atoms with Gasteiger partial charge in [0.2, 0.25) is 0 Å². The van der Waals surface area contributed by atoms with E-state index in [0.29, 0.717) is 35.3 Å². The number of alkyl halides is 3. The van der Waals surface area contributed by atoms with Crippen LogP contribution < -0.4 is 14.8 Å². The van der Waals surface area contributed by atoms with Gasteiger partial charge >= 0.3 is 18.1 Å². The smallest absolute Gasteiger partial charge is 0.416 e. The zero-order valence-corrected chi connectivity index (χ0v) is 29.7. The van der Waals surface area contributed by atoms with Gasteiger partial charge in [-0.1, -0.05) is 48.5 Å². The highest BCUT2D eigenvalue weighted by molar-refractivity contribution is 6.11. The Labute approximate surface area is 310 Å². The first-order chi connectivity index (χ1) is 25.8. The molecule has 0 fully saturated rings. The third kappa shape index (κ3) is 10.1. The SMILES string of the molecule is COc1ccc(COC(=O)c2ccc(OC(=O)CCCc3ccc(NC(=O)c4ccccc4-c4ccc(C(F)(F)F)cc4)c(C(=O)N(C)C)c3)cc2)cc1. The number of hydrogen-bond acceptors (Lipinski definition) is 7. The maximum Gasteiger partial charge on any atom is 0.416 e. The van der Waals surface area contributed by atoms with E-state index in [1.54, 1.807) is 87.9 Å². The fourth-order valence-corrected chi connectivity index (χ4v) is 5.47. The van der Waals surface area contributed by atoms with Crippen LogP contribution >= 0.6 is 0 Å². The Kier molecular flexibility index (Phi) is 12.5. The Bertz CT molecular complexity index is 2110. The number of nitrogens with zero attached hydrogens (tertiary/aromatic N) is 1. The van der Waals surface area contributed by atoms with Gasteiger partial charge in [-0.25, -0.2) is 4.79 Å². The van der Waals surface area contributed by atoms with E-state index in [1.807, 2.05) is 0 Å². The highest BCUT2D eigenvalue weighted by atomic mass is 19.4. The first-order valence-corrected chi connectivity index (χ1v) is 16.9. The number of carbonyl (C=O) groups is 4. The third-order valence-electron chi connectivity index (χ3n) is 8.36. The van der Waals surface area contributed by atoms with E-state index >= 15 is 0 Å². The Morgan fingerprint density at radius 2 is 1.39 bits per heavy atom. The maximum atomic E-state index is 13.5. The van der Waals surface area contributed by atoms with Gasteiger partial charge in [0.1, 0.15) is 18.1 Å². The quantitative estimate of drug-likeness (QED) is 0.0952. The zero-order chi connectivity index (χ0) is 38.8. The third-order valence-corrected chi connectivity index (χ3v) is 8.36. The molecule has 1 N–H and O–H groups in total. The number of ether oxygens (including phenoxy) is 3. The summed E-state index contributed by atoms with van der Waals surface area (Å²) in [4.78, 5) is 53.2. The molecule has 0 aliphatic heterocycles. The molecule has 5 rings (SSSR count). The van der Waals surface area contributed by atoms with Gasteiger partial charge in [0.15, 0.2) is 0 Å². The summed E-state index contributed by atoms with van der Waals surface area (Å²) < 4.78 is 55.3. The fraction of sp³-hybridized carbons (Fsp3) is 0.190. The Balaban J connectivity index is 1.17. The normalized spacial score (nSPS) is 11.0. The second-order valence-corrected chi connectivity index (χ2v) is 12.4. The van der Waals surface area contributed by atoms with Crippen LogP contribution in [-0.4, -0.2) is 49.9 Å². The van der Waals surface area contributed by atoms with Crippen LogP contribution in [0.25, 0.3) is 11.1 Å². The van der Waals surface area contributed by atoms with E-state index in [9.17, 15) is 32.3 Å². The van der Waals surface area contributed by atoms with Crippen molar-refractivity contribution in [2.75, 3.05) is 26.5 Å². The number of nitrogens with one attached hydrogen (secondary N) is 1. The average Bonchev–Trinajstić information content (AvgIpc) is 3.17.